The molecule has 0 amide bonds. The average Bonchev–Trinajstić information content (AvgIpc) is 3.20. The zero-order valence-electron chi connectivity index (χ0n) is 14.1. The van der Waals surface area contributed by atoms with Gasteiger partial charge in [0, 0.05) is 6.42 Å². The van der Waals surface area contributed by atoms with E-state index in [1.165, 1.54) is 4.57 Å². The Morgan fingerprint density at radius 3 is 2.78 bits per heavy atom. The van der Waals surface area contributed by atoms with Crippen molar-refractivity contribution in [3.05, 3.63) is 40.7 Å². The highest BCUT2D eigenvalue weighted by atomic mass is 16.5. The number of H-pyrrole nitrogens is 1. The number of aliphatic hydroxyl groups is 2. The number of aromatic amines is 1. The van der Waals surface area contributed by atoms with E-state index < -0.39 is 24.0 Å². The van der Waals surface area contributed by atoms with Crippen LogP contribution in [0.5, 0.6) is 0 Å². The molecule has 5 N–H and O–H groups in total. The molecule has 3 aromatic rings. The first kappa shape index (κ1) is 17.3. The number of aliphatic hydroxyl groups excluding tert-OH is 2. The van der Waals surface area contributed by atoms with Crippen LogP contribution in [0.2, 0.25) is 0 Å². The van der Waals surface area contributed by atoms with Gasteiger partial charge in [-0.25, -0.2) is 4.98 Å². The van der Waals surface area contributed by atoms with Crippen molar-refractivity contribution in [3.8, 4) is 0 Å². The number of nitrogens with one attached hydrogen (secondary N) is 1. The second-order valence-corrected chi connectivity index (χ2v) is 6.06. The van der Waals surface area contributed by atoms with Crippen LogP contribution >= 0.6 is 0 Å². The Hall–Kier alpha value is -3.15. The van der Waals surface area contributed by atoms with Crippen LogP contribution < -0.4 is 11.3 Å². The third-order valence-corrected chi connectivity index (χ3v) is 4.23. The monoisotopic (exact) mass is 371 g/mol. The number of imidazole rings is 1. The van der Waals surface area contributed by atoms with Gasteiger partial charge in [-0.05, 0) is 12.1 Å². The lowest BCUT2D eigenvalue weighted by atomic mass is 10.2. The van der Waals surface area contributed by atoms with E-state index in [0.29, 0.717) is 5.69 Å². The van der Waals surface area contributed by atoms with E-state index in [-0.39, 0.29) is 36.1 Å². The molecule has 3 heterocycles. The van der Waals surface area contributed by atoms with Gasteiger partial charge in [-0.3, -0.25) is 14.3 Å². The van der Waals surface area contributed by atoms with Crippen molar-refractivity contribution in [1.82, 2.24) is 19.5 Å². The maximum atomic E-state index is 12.2. The van der Waals surface area contributed by atoms with E-state index in [4.69, 9.17) is 10.5 Å². The van der Waals surface area contributed by atoms with Crippen LogP contribution in [0.15, 0.2) is 45.4 Å². The predicted octanol–water partition coefficient (Wildman–Crippen LogP) is 0.758. The molecular formula is C16H17N7O4. The molecule has 1 saturated heterocycles. The topological polar surface area (TPSA) is 164 Å². The molecule has 3 atom stereocenters. The van der Waals surface area contributed by atoms with Gasteiger partial charge in [-0.15, -0.1) is 10.2 Å². The largest absolute Gasteiger partial charge is 0.394 e. The van der Waals surface area contributed by atoms with Crippen LogP contribution in [0, 0.1) is 0 Å². The Balaban J connectivity index is 1.84. The lowest BCUT2D eigenvalue weighted by Gasteiger charge is -2.14. The highest BCUT2D eigenvalue weighted by molar-refractivity contribution is 5.74. The summed E-state index contributed by atoms with van der Waals surface area (Å²) in [4.78, 5) is 22.9. The van der Waals surface area contributed by atoms with Crippen LogP contribution in [0.25, 0.3) is 11.2 Å². The van der Waals surface area contributed by atoms with Gasteiger partial charge in [-0.2, -0.15) is 4.98 Å². The summed E-state index contributed by atoms with van der Waals surface area (Å²) in [7, 11) is 0. The van der Waals surface area contributed by atoms with Crippen molar-refractivity contribution in [2.75, 3.05) is 12.3 Å². The van der Waals surface area contributed by atoms with Crippen LogP contribution in [-0.2, 0) is 4.74 Å². The number of ether oxygens (including phenoxy) is 1. The number of benzene rings is 1. The summed E-state index contributed by atoms with van der Waals surface area (Å²) in [5.41, 5.74) is 5.91. The van der Waals surface area contributed by atoms with Gasteiger partial charge in [0.05, 0.1) is 18.4 Å². The molecule has 4 rings (SSSR count). The molecule has 0 saturated carbocycles. The van der Waals surface area contributed by atoms with Crippen molar-refractivity contribution in [2.45, 2.75) is 24.9 Å². The first-order valence-corrected chi connectivity index (χ1v) is 8.25. The first-order valence-electron chi connectivity index (χ1n) is 8.25. The zero-order chi connectivity index (χ0) is 19.0. The van der Waals surface area contributed by atoms with E-state index in [1.807, 2.05) is 18.2 Å². The number of nitrogens with two attached hydrogens (primary N) is 1. The molecule has 2 aromatic heterocycles. The molecule has 1 aliphatic heterocycles. The molecule has 0 radical (unpaired) electrons. The Labute approximate surface area is 152 Å². The first-order chi connectivity index (χ1) is 13.1. The number of nitrogen functional groups attached to an aromatic ring is 1. The molecule has 0 bridgehead atoms. The number of hydrogen-bond acceptors (Lipinski definition) is 9. The Morgan fingerprint density at radius 1 is 1.30 bits per heavy atom. The second kappa shape index (κ2) is 6.87. The molecular weight excluding hydrogens is 354 g/mol. The van der Waals surface area contributed by atoms with Crippen molar-refractivity contribution in [1.29, 1.82) is 0 Å². The molecule has 1 fully saturated rings. The fraction of sp³-hybridized carbons (Fsp3) is 0.312. The van der Waals surface area contributed by atoms with Gasteiger partial charge in [0.15, 0.2) is 11.2 Å². The Morgan fingerprint density at radius 2 is 2.07 bits per heavy atom. The number of nitrogens with zero attached hydrogens (tertiary/aromatic N) is 5. The van der Waals surface area contributed by atoms with E-state index in [1.54, 1.807) is 12.1 Å². The number of azo groups is 1. The van der Waals surface area contributed by atoms with Crippen LogP contribution in [0.1, 0.15) is 12.6 Å². The third kappa shape index (κ3) is 3.18. The van der Waals surface area contributed by atoms with Crippen molar-refractivity contribution in [3.63, 3.8) is 0 Å². The van der Waals surface area contributed by atoms with E-state index in [9.17, 15) is 15.0 Å². The molecule has 11 nitrogen and oxygen atoms in total. The number of hydrogen-bond donors (Lipinski definition) is 4. The predicted molar refractivity (Wildman–Crippen MR) is 94.8 cm³/mol. The lowest BCUT2D eigenvalue weighted by molar-refractivity contribution is -0.0426. The van der Waals surface area contributed by atoms with Gasteiger partial charge in [0.1, 0.15) is 12.3 Å². The number of fused-ring (bicyclic) bond motifs is 1. The average molecular weight is 371 g/mol. The van der Waals surface area contributed by atoms with Crippen LogP contribution in [0.4, 0.5) is 17.6 Å². The minimum atomic E-state index is -0.879. The van der Waals surface area contributed by atoms with Gasteiger partial charge < -0.3 is 20.7 Å². The van der Waals surface area contributed by atoms with Crippen molar-refractivity contribution < 1.29 is 14.9 Å². The quantitative estimate of drug-likeness (QED) is 0.491. The molecule has 1 aromatic carbocycles. The number of anilines is 1. The van der Waals surface area contributed by atoms with E-state index >= 15 is 0 Å². The van der Waals surface area contributed by atoms with Crippen LogP contribution in [0.3, 0.4) is 0 Å². The summed E-state index contributed by atoms with van der Waals surface area (Å²) >= 11 is 0. The molecule has 0 spiro atoms. The highest BCUT2D eigenvalue weighted by Crippen LogP contribution is 2.34. The maximum absolute atomic E-state index is 12.2. The summed E-state index contributed by atoms with van der Waals surface area (Å²) in [5.74, 6) is -0.00862. The third-order valence-electron chi connectivity index (χ3n) is 4.23. The fourth-order valence-corrected chi connectivity index (χ4v) is 2.96. The molecule has 11 heteroatoms. The molecule has 1 aliphatic rings. The highest BCUT2D eigenvalue weighted by Gasteiger charge is 2.37. The van der Waals surface area contributed by atoms with E-state index in [2.05, 4.69) is 25.2 Å². The van der Waals surface area contributed by atoms with Crippen molar-refractivity contribution >= 4 is 28.7 Å². The summed E-state index contributed by atoms with van der Waals surface area (Å²) in [6.07, 6.45) is -2.21. The molecule has 140 valence electrons. The smallest absolute Gasteiger partial charge is 0.280 e. The van der Waals surface area contributed by atoms with E-state index in [0.717, 1.165) is 0 Å². The molecule has 0 unspecified atom stereocenters. The van der Waals surface area contributed by atoms with Gasteiger partial charge in [0.25, 0.3) is 11.5 Å². The fourth-order valence-electron chi connectivity index (χ4n) is 2.96. The Bertz CT molecular complexity index is 1050. The summed E-state index contributed by atoms with van der Waals surface area (Å²) < 4.78 is 7.13. The summed E-state index contributed by atoms with van der Waals surface area (Å²) in [6.45, 7) is -0.346. The minimum absolute atomic E-state index is 0.0248. The van der Waals surface area contributed by atoms with Gasteiger partial charge in [0.2, 0.25) is 5.95 Å². The summed E-state index contributed by atoms with van der Waals surface area (Å²) in [5, 5.41) is 27.6. The maximum Gasteiger partial charge on any atom is 0.280 e. The number of aromatic nitrogens is 4. The van der Waals surface area contributed by atoms with Crippen LogP contribution in [-0.4, -0.2) is 48.5 Å². The van der Waals surface area contributed by atoms with Gasteiger partial charge in [-0.1, -0.05) is 18.2 Å². The molecule has 0 aliphatic carbocycles. The van der Waals surface area contributed by atoms with Crippen molar-refractivity contribution in [2.24, 2.45) is 10.2 Å². The number of rotatable bonds is 4. The minimum Gasteiger partial charge on any atom is -0.394 e. The SMILES string of the molecule is Nc1nc2c(nc(N=Nc3ccccc3)n2[C@H]2C[C@@H](O)[C@@H](CO)O2)c(=O)[nH]1. The normalized spacial score (nSPS) is 22.8. The van der Waals surface area contributed by atoms with Gasteiger partial charge >= 0.3 is 0 Å². The molecule has 27 heavy (non-hydrogen) atoms. The second-order valence-electron chi connectivity index (χ2n) is 6.06. The standard InChI is InChI=1S/C16H17N7O4/c17-15-19-13-12(14(26)20-15)18-16(22-21-8-4-2-1-3-5-8)23(13)11-6-9(25)10(7-24)27-11/h1-5,9-11,24-25H,6-7H2,(H3,17,19,20,26)/t9-,10-,11-/m1/s1. The Kier molecular flexibility index (Phi) is 4.39. The zero-order valence-corrected chi connectivity index (χ0v) is 14.1. The lowest BCUT2D eigenvalue weighted by Crippen LogP contribution is -2.24. The summed E-state index contributed by atoms with van der Waals surface area (Å²) in [6, 6.07) is 9.00.